The van der Waals surface area contributed by atoms with Crippen molar-refractivity contribution >= 4 is 23.7 Å². The highest BCUT2D eigenvalue weighted by Crippen LogP contribution is 2.13. The molecule has 16 heavy (non-hydrogen) atoms. The zero-order valence-corrected chi connectivity index (χ0v) is 9.66. The lowest BCUT2D eigenvalue weighted by Crippen LogP contribution is -2.26. The van der Waals surface area contributed by atoms with Crippen molar-refractivity contribution in [2.24, 2.45) is 0 Å². The Morgan fingerprint density at radius 2 is 2.38 bits per heavy atom. The maximum Gasteiger partial charge on any atom is 0.346 e. The standard InChI is InChI=1S/C10H14O5S/c1-2-8(11)14-6-9(12)15-10-7-16-5-3-4-13-10/h2,10H,1,3-7H2. The van der Waals surface area contributed by atoms with Gasteiger partial charge in [0, 0.05) is 6.08 Å². The molecule has 1 aliphatic rings. The average Bonchev–Trinajstić information content (AvgIpc) is 2.54. The molecule has 1 rings (SSSR count). The van der Waals surface area contributed by atoms with E-state index < -0.39 is 24.8 Å². The summed E-state index contributed by atoms with van der Waals surface area (Å²) in [4.78, 5) is 21.9. The minimum atomic E-state index is -0.645. The number of esters is 2. The van der Waals surface area contributed by atoms with Gasteiger partial charge in [-0.25, -0.2) is 9.59 Å². The van der Waals surface area contributed by atoms with Gasteiger partial charge in [-0.15, -0.1) is 0 Å². The number of thioether (sulfide) groups is 1. The quantitative estimate of drug-likeness (QED) is 0.538. The van der Waals surface area contributed by atoms with Gasteiger partial charge in [-0.1, -0.05) is 6.58 Å². The van der Waals surface area contributed by atoms with Crippen molar-refractivity contribution in [2.75, 3.05) is 24.7 Å². The van der Waals surface area contributed by atoms with E-state index >= 15 is 0 Å². The highest BCUT2D eigenvalue weighted by molar-refractivity contribution is 7.99. The monoisotopic (exact) mass is 246 g/mol. The van der Waals surface area contributed by atoms with E-state index in [1.165, 1.54) is 0 Å². The Labute approximate surface area is 98.1 Å². The van der Waals surface area contributed by atoms with Gasteiger partial charge in [0.25, 0.3) is 0 Å². The third kappa shape index (κ3) is 5.18. The first-order chi connectivity index (χ1) is 7.72. The van der Waals surface area contributed by atoms with Crippen LogP contribution >= 0.6 is 11.8 Å². The Morgan fingerprint density at radius 1 is 1.56 bits per heavy atom. The molecule has 5 nitrogen and oxygen atoms in total. The van der Waals surface area contributed by atoms with Gasteiger partial charge in [0.1, 0.15) is 0 Å². The number of ether oxygens (including phenoxy) is 3. The summed E-state index contributed by atoms with van der Waals surface area (Å²) in [5, 5.41) is 0. The minimum Gasteiger partial charge on any atom is -0.451 e. The van der Waals surface area contributed by atoms with Crippen LogP contribution in [0.1, 0.15) is 6.42 Å². The number of rotatable bonds is 4. The Bertz CT molecular complexity index is 258. The van der Waals surface area contributed by atoms with E-state index in [0.717, 1.165) is 18.2 Å². The minimum absolute atomic E-state index is 0.407. The van der Waals surface area contributed by atoms with Gasteiger partial charge in [-0.05, 0) is 12.2 Å². The largest absolute Gasteiger partial charge is 0.451 e. The smallest absolute Gasteiger partial charge is 0.346 e. The lowest BCUT2D eigenvalue weighted by atomic mass is 10.5. The predicted molar refractivity (Wildman–Crippen MR) is 58.9 cm³/mol. The van der Waals surface area contributed by atoms with Crippen LogP contribution in [0.4, 0.5) is 0 Å². The van der Waals surface area contributed by atoms with Crippen molar-refractivity contribution in [3.05, 3.63) is 12.7 Å². The van der Waals surface area contributed by atoms with Crippen LogP contribution in [0.2, 0.25) is 0 Å². The van der Waals surface area contributed by atoms with Crippen molar-refractivity contribution in [2.45, 2.75) is 12.7 Å². The summed E-state index contributed by atoms with van der Waals surface area (Å²) < 4.78 is 14.8. The summed E-state index contributed by atoms with van der Waals surface area (Å²) >= 11 is 1.67. The number of hydrogen-bond donors (Lipinski definition) is 0. The lowest BCUT2D eigenvalue weighted by Gasteiger charge is -2.14. The van der Waals surface area contributed by atoms with Crippen LogP contribution < -0.4 is 0 Å². The van der Waals surface area contributed by atoms with E-state index in [4.69, 9.17) is 9.47 Å². The first kappa shape index (κ1) is 13.1. The van der Waals surface area contributed by atoms with Gasteiger partial charge >= 0.3 is 11.9 Å². The van der Waals surface area contributed by atoms with Gasteiger partial charge in [0.2, 0.25) is 6.29 Å². The van der Waals surface area contributed by atoms with Gasteiger partial charge in [-0.3, -0.25) is 0 Å². The second-order valence-electron chi connectivity index (χ2n) is 3.03. The lowest BCUT2D eigenvalue weighted by molar-refractivity contribution is -0.179. The molecule has 0 aliphatic carbocycles. The molecule has 1 saturated heterocycles. The molecule has 1 aliphatic heterocycles. The fourth-order valence-electron chi connectivity index (χ4n) is 1.04. The summed E-state index contributed by atoms with van der Waals surface area (Å²) in [7, 11) is 0. The number of hydrogen-bond acceptors (Lipinski definition) is 6. The normalized spacial score (nSPS) is 20.6. The van der Waals surface area contributed by atoms with E-state index in [0.29, 0.717) is 12.4 Å². The molecule has 0 bridgehead atoms. The Kier molecular flexibility index (Phi) is 5.95. The summed E-state index contributed by atoms with van der Waals surface area (Å²) in [5.74, 6) is 0.358. The van der Waals surface area contributed by atoms with E-state index in [2.05, 4.69) is 11.3 Å². The summed E-state index contributed by atoms with van der Waals surface area (Å²) in [5.41, 5.74) is 0. The maximum absolute atomic E-state index is 11.2. The second kappa shape index (κ2) is 7.29. The highest BCUT2D eigenvalue weighted by atomic mass is 32.2. The molecular weight excluding hydrogens is 232 g/mol. The first-order valence-electron chi connectivity index (χ1n) is 4.90. The molecule has 0 N–H and O–H groups in total. The van der Waals surface area contributed by atoms with E-state index in [1.54, 1.807) is 11.8 Å². The fraction of sp³-hybridized carbons (Fsp3) is 0.600. The van der Waals surface area contributed by atoms with E-state index in [1.807, 2.05) is 0 Å². The van der Waals surface area contributed by atoms with Crippen LogP contribution in [0.5, 0.6) is 0 Å². The van der Waals surface area contributed by atoms with Crippen molar-refractivity contribution < 1.29 is 23.8 Å². The third-order valence-electron chi connectivity index (χ3n) is 1.75. The van der Waals surface area contributed by atoms with Gasteiger partial charge < -0.3 is 14.2 Å². The molecule has 0 spiro atoms. The molecule has 0 aromatic heterocycles. The topological polar surface area (TPSA) is 61.8 Å². The van der Waals surface area contributed by atoms with Crippen LogP contribution in [0, 0.1) is 0 Å². The van der Waals surface area contributed by atoms with Crippen molar-refractivity contribution in [1.82, 2.24) is 0 Å². The molecule has 6 heteroatoms. The van der Waals surface area contributed by atoms with E-state index in [9.17, 15) is 9.59 Å². The van der Waals surface area contributed by atoms with Gasteiger partial charge in [0.05, 0.1) is 12.4 Å². The van der Waals surface area contributed by atoms with Crippen LogP contribution in [-0.4, -0.2) is 42.9 Å². The third-order valence-corrected chi connectivity index (χ3v) is 2.84. The molecule has 0 saturated carbocycles. The van der Waals surface area contributed by atoms with Crippen LogP contribution in [0.25, 0.3) is 0 Å². The Hall–Kier alpha value is -1.01. The maximum atomic E-state index is 11.2. The van der Waals surface area contributed by atoms with Crippen molar-refractivity contribution in [1.29, 1.82) is 0 Å². The summed E-state index contributed by atoms with van der Waals surface area (Å²) in [6, 6.07) is 0. The Morgan fingerprint density at radius 3 is 3.12 bits per heavy atom. The molecule has 90 valence electrons. The highest BCUT2D eigenvalue weighted by Gasteiger charge is 2.18. The van der Waals surface area contributed by atoms with Crippen LogP contribution in [0.3, 0.4) is 0 Å². The molecule has 1 heterocycles. The summed E-state index contributed by atoms with van der Waals surface area (Å²) in [6.45, 7) is 3.39. The summed E-state index contributed by atoms with van der Waals surface area (Å²) in [6.07, 6.45) is 1.40. The van der Waals surface area contributed by atoms with Gasteiger partial charge in [0.15, 0.2) is 6.61 Å². The van der Waals surface area contributed by atoms with Crippen molar-refractivity contribution in [3.63, 3.8) is 0 Å². The number of carbonyl (C=O) groups excluding carboxylic acids is 2. The fourth-order valence-corrected chi connectivity index (χ4v) is 1.89. The van der Waals surface area contributed by atoms with Crippen LogP contribution in [-0.2, 0) is 23.8 Å². The molecule has 1 unspecified atom stereocenters. The SMILES string of the molecule is C=CC(=O)OCC(=O)OC1CSCCCO1. The zero-order valence-electron chi connectivity index (χ0n) is 8.85. The molecule has 0 aromatic rings. The van der Waals surface area contributed by atoms with E-state index in [-0.39, 0.29) is 0 Å². The molecule has 1 fully saturated rings. The Balaban J connectivity index is 2.21. The molecule has 0 radical (unpaired) electrons. The van der Waals surface area contributed by atoms with Gasteiger partial charge in [-0.2, -0.15) is 11.8 Å². The molecule has 0 amide bonds. The number of carbonyl (C=O) groups is 2. The second-order valence-corrected chi connectivity index (χ2v) is 4.18. The first-order valence-corrected chi connectivity index (χ1v) is 6.06. The molecular formula is C10H14O5S. The molecule has 1 atom stereocenters. The van der Waals surface area contributed by atoms with Crippen LogP contribution in [0.15, 0.2) is 12.7 Å². The zero-order chi connectivity index (χ0) is 11.8. The predicted octanol–water partition coefficient (Wildman–Crippen LogP) is 0.738. The van der Waals surface area contributed by atoms with Crippen molar-refractivity contribution in [3.8, 4) is 0 Å². The molecule has 0 aromatic carbocycles. The average molecular weight is 246 g/mol.